The van der Waals surface area contributed by atoms with Crippen molar-refractivity contribution in [3.63, 3.8) is 0 Å². The lowest BCUT2D eigenvalue weighted by atomic mass is 9.67. The van der Waals surface area contributed by atoms with Crippen LogP contribution < -0.4 is 0 Å². The van der Waals surface area contributed by atoms with E-state index in [0.717, 1.165) is 11.8 Å². The fraction of sp³-hybridized carbons (Fsp3) is 0.882. The van der Waals surface area contributed by atoms with Crippen LogP contribution >= 0.6 is 0 Å². The molecule has 0 radical (unpaired) electrons. The van der Waals surface area contributed by atoms with Crippen molar-refractivity contribution in [3.05, 3.63) is 11.6 Å². The Bertz CT molecular complexity index is 264. The lowest BCUT2D eigenvalue weighted by molar-refractivity contribution is 0.121. The molecule has 0 amide bonds. The smallest absolute Gasteiger partial charge is 0.0300 e. The summed E-state index contributed by atoms with van der Waals surface area (Å²) in [5.74, 6) is 1.95. The lowest BCUT2D eigenvalue weighted by Gasteiger charge is -2.38. The summed E-state index contributed by atoms with van der Waals surface area (Å²) >= 11 is 0. The maximum atomic E-state index is 2.55. The lowest BCUT2D eigenvalue weighted by Crippen LogP contribution is -2.29. The molecule has 2 rings (SSSR count). The highest BCUT2D eigenvalue weighted by Crippen LogP contribution is 2.46. The summed E-state index contributed by atoms with van der Waals surface area (Å²) in [4.78, 5) is 0. The Labute approximate surface area is 108 Å². The van der Waals surface area contributed by atoms with Crippen LogP contribution in [0.3, 0.4) is 0 Å². The number of hydrogen-bond acceptors (Lipinski definition) is 0. The predicted octanol–water partition coefficient (Wildman–Crippen LogP) is 5.73. The van der Waals surface area contributed by atoms with Gasteiger partial charge in [0.05, 0.1) is 0 Å². The van der Waals surface area contributed by atoms with Gasteiger partial charge in [-0.3, -0.25) is 0 Å². The highest BCUT2D eigenvalue weighted by Gasteiger charge is 2.35. The van der Waals surface area contributed by atoms with Gasteiger partial charge in [-0.2, -0.15) is 0 Å². The van der Waals surface area contributed by atoms with Gasteiger partial charge in [0.1, 0.15) is 0 Å². The van der Waals surface area contributed by atoms with Gasteiger partial charge < -0.3 is 0 Å². The van der Waals surface area contributed by atoms with E-state index in [-0.39, 0.29) is 0 Å². The summed E-state index contributed by atoms with van der Waals surface area (Å²) in [6.45, 7) is 7.37. The van der Waals surface area contributed by atoms with E-state index in [9.17, 15) is 0 Å². The predicted molar refractivity (Wildman–Crippen MR) is 76.1 cm³/mol. The molecule has 0 heterocycles. The molecule has 0 heteroatoms. The van der Waals surface area contributed by atoms with Crippen LogP contribution in [0.1, 0.15) is 78.6 Å². The summed E-state index contributed by atoms with van der Waals surface area (Å²) in [6.07, 6.45) is 15.6. The SMILES string of the molecule is CC1=CCC(C2CCCCCC2)C(C)(C)CC1. The van der Waals surface area contributed by atoms with Crippen LogP contribution in [0.2, 0.25) is 0 Å². The van der Waals surface area contributed by atoms with E-state index in [2.05, 4.69) is 26.8 Å². The Morgan fingerprint density at radius 1 is 1.06 bits per heavy atom. The molecule has 0 saturated heterocycles. The van der Waals surface area contributed by atoms with Crippen LogP contribution in [-0.2, 0) is 0 Å². The molecule has 2 aliphatic carbocycles. The third-order valence-corrected chi connectivity index (χ3v) is 5.36. The van der Waals surface area contributed by atoms with Crippen LogP contribution in [0.4, 0.5) is 0 Å². The van der Waals surface area contributed by atoms with E-state index in [4.69, 9.17) is 0 Å². The molecule has 0 nitrogen and oxygen atoms in total. The molecular weight excluding hydrogens is 204 g/mol. The number of rotatable bonds is 1. The van der Waals surface area contributed by atoms with E-state index < -0.39 is 0 Å². The molecule has 0 aromatic rings. The fourth-order valence-corrected chi connectivity index (χ4v) is 4.00. The Morgan fingerprint density at radius 3 is 2.35 bits per heavy atom. The second-order valence-corrected chi connectivity index (χ2v) is 7.13. The molecule has 0 N–H and O–H groups in total. The zero-order valence-corrected chi connectivity index (χ0v) is 12.1. The van der Waals surface area contributed by atoms with Crippen LogP contribution in [-0.4, -0.2) is 0 Å². The number of hydrogen-bond donors (Lipinski definition) is 0. The Kier molecular flexibility index (Phi) is 4.33. The van der Waals surface area contributed by atoms with Crippen LogP contribution in [0, 0.1) is 17.3 Å². The van der Waals surface area contributed by atoms with E-state index in [1.807, 2.05) is 0 Å². The molecule has 2 aliphatic rings. The van der Waals surface area contributed by atoms with Gasteiger partial charge >= 0.3 is 0 Å². The molecular formula is C17H30. The quantitative estimate of drug-likeness (QED) is 0.401. The summed E-state index contributed by atoms with van der Waals surface area (Å²) in [5, 5.41) is 0. The molecule has 1 fully saturated rings. The maximum absolute atomic E-state index is 2.55. The summed E-state index contributed by atoms with van der Waals surface area (Å²) in [6, 6.07) is 0. The zero-order chi connectivity index (χ0) is 12.3. The summed E-state index contributed by atoms with van der Waals surface area (Å²) in [7, 11) is 0. The minimum Gasteiger partial charge on any atom is -0.0853 e. The van der Waals surface area contributed by atoms with Crippen molar-refractivity contribution < 1.29 is 0 Å². The molecule has 1 unspecified atom stereocenters. The van der Waals surface area contributed by atoms with Gasteiger partial charge in [-0.05, 0) is 43.4 Å². The molecule has 98 valence electrons. The van der Waals surface area contributed by atoms with Crippen molar-refractivity contribution in [1.82, 2.24) is 0 Å². The Balaban J connectivity index is 2.09. The maximum Gasteiger partial charge on any atom is -0.0300 e. The minimum absolute atomic E-state index is 0.559. The molecule has 0 aromatic heterocycles. The van der Waals surface area contributed by atoms with Gasteiger partial charge in [-0.25, -0.2) is 0 Å². The average molecular weight is 234 g/mol. The molecule has 0 aromatic carbocycles. The average Bonchev–Trinajstić information content (AvgIpc) is 2.60. The van der Waals surface area contributed by atoms with Crippen molar-refractivity contribution in [2.24, 2.45) is 17.3 Å². The van der Waals surface area contributed by atoms with Gasteiger partial charge in [0.25, 0.3) is 0 Å². The van der Waals surface area contributed by atoms with E-state index >= 15 is 0 Å². The molecule has 17 heavy (non-hydrogen) atoms. The molecule has 0 aliphatic heterocycles. The Morgan fingerprint density at radius 2 is 1.71 bits per heavy atom. The highest BCUT2D eigenvalue weighted by atomic mass is 14.4. The molecule has 1 atom stereocenters. The minimum atomic E-state index is 0.559. The van der Waals surface area contributed by atoms with Gasteiger partial charge in [0.15, 0.2) is 0 Å². The molecule has 0 spiro atoms. The largest absolute Gasteiger partial charge is 0.0853 e. The first-order valence-corrected chi connectivity index (χ1v) is 7.75. The first kappa shape index (κ1) is 13.2. The van der Waals surface area contributed by atoms with Crippen LogP contribution in [0.5, 0.6) is 0 Å². The first-order valence-electron chi connectivity index (χ1n) is 7.75. The van der Waals surface area contributed by atoms with Crippen molar-refractivity contribution in [3.8, 4) is 0 Å². The zero-order valence-electron chi connectivity index (χ0n) is 12.1. The third kappa shape index (κ3) is 3.36. The van der Waals surface area contributed by atoms with Crippen LogP contribution in [0.25, 0.3) is 0 Å². The normalized spacial score (nSPS) is 31.5. The standard InChI is InChI=1S/C17H30/c1-14-10-11-16(17(2,3)13-12-14)15-8-6-4-5-7-9-15/h10,15-16H,4-9,11-13H2,1-3H3. The van der Waals surface area contributed by atoms with E-state index in [1.54, 1.807) is 5.57 Å². The van der Waals surface area contributed by atoms with Crippen molar-refractivity contribution >= 4 is 0 Å². The van der Waals surface area contributed by atoms with Crippen LogP contribution in [0.15, 0.2) is 11.6 Å². The monoisotopic (exact) mass is 234 g/mol. The van der Waals surface area contributed by atoms with E-state index in [0.29, 0.717) is 5.41 Å². The van der Waals surface area contributed by atoms with Gasteiger partial charge in [0, 0.05) is 0 Å². The topological polar surface area (TPSA) is 0 Å². The van der Waals surface area contributed by atoms with Crippen molar-refractivity contribution in [2.45, 2.75) is 78.6 Å². The van der Waals surface area contributed by atoms with Gasteiger partial charge in [-0.1, -0.05) is 64.0 Å². The third-order valence-electron chi connectivity index (χ3n) is 5.36. The second-order valence-electron chi connectivity index (χ2n) is 7.13. The number of allylic oxidation sites excluding steroid dienone is 2. The molecule has 0 bridgehead atoms. The van der Waals surface area contributed by atoms with Gasteiger partial charge in [-0.15, -0.1) is 0 Å². The summed E-state index contributed by atoms with van der Waals surface area (Å²) < 4.78 is 0. The fourth-order valence-electron chi connectivity index (χ4n) is 4.00. The van der Waals surface area contributed by atoms with Gasteiger partial charge in [0.2, 0.25) is 0 Å². The molecule has 1 saturated carbocycles. The van der Waals surface area contributed by atoms with E-state index in [1.165, 1.54) is 57.8 Å². The second kappa shape index (κ2) is 5.59. The van der Waals surface area contributed by atoms with Crippen molar-refractivity contribution in [1.29, 1.82) is 0 Å². The summed E-state index contributed by atoms with van der Waals surface area (Å²) in [5.41, 5.74) is 2.19. The highest BCUT2D eigenvalue weighted by molar-refractivity contribution is 5.05. The van der Waals surface area contributed by atoms with Crippen molar-refractivity contribution in [2.75, 3.05) is 0 Å². The first-order chi connectivity index (χ1) is 8.09. The Hall–Kier alpha value is -0.260.